The Balaban J connectivity index is 1.82. The molecule has 12 heavy (non-hydrogen) atoms. The SMILES string of the molecule is O=C1NC(C(=O)NC2CC2)CO1. The number of rotatable bonds is 2. The van der Waals surface area contributed by atoms with Gasteiger partial charge in [-0.2, -0.15) is 0 Å². The topological polar surface area (TPSA) is 67.4 Å². The minimum absolute atomic E-state index is 0.136. The van der Waals surface area contributed by atoms with Crippen molar-refractivity contribution >= 4 is 12.0 Å². The molecule has 1 unspecified atom stereocenters. The van der Waals surface area contributed by atoms with Crippen molar-refractivity contribution in [2.75, 3.05) is 6.61 Å². The van der Waals surface area contributed by atoms with E-state index in [1.54, 1.807) is 0 Å². The van der Waals surface area contributed by atoms with Crippen molar-refractivity contribution in [1.82, 2.24) is 10.6 Å². The highest BCUT2D eigenvalue weighted by molar-refractivity contribution is 5.88. The molecule has 2 aliphatic rings. The molecule has 2 amide bonds. The predicted octanol–water partition coefficient (Wildman–Crippen LogP) is -0.627. The molecular formula is C7H10N2O3. The van der Waals surface area contributed by atoms with Crippen molar-refractivity contribution in [3.63, 3.8) is 0 Å². The van der Waals surface area contributed by atoms with Crippen molar-refractivity contribution < 1.29 is 14.3 Å². The van der Waals surface area contributed by atoms with Gasteiger partial charge in [0, 0.05) is 6.04 Å². The Morgan fingerprint density at radius 3 is 2.83 bits per heavy atom. The zero-order valence-electron chi connectivity index (χ0n) is 6.50. The molecule has 1 aliphatic carbocycles. The second-order valence-corrected chi connectivity index (χ2v) is 3.08. The smallest absolute Gasteiger partial charge is 0.407 e. The van der Waals surface area contributed by atoms with Crippen LogP contribution in [0, 0.1) is 0 Å². The summed E-state index contributed by atoms with van der Waals surface area (Å²) in [6.07, 6.45) is 1.59. The summed E-state index contributed by atoms with van der Waals surface area (Å²) in [4.78, 5) is 21.8. The highest BCUT2D eigenvalue weighted by Gasteiger charge is 2.32. The van der Waals surface area contributed by atoms with Crippen molar-refractivity contribution in [2.45, 2.75) is 24.9 Å². The average Bonchev–Trinajstić information content (AvgIpc) is 2.72. The number of amides is 2. The predicted molar refractivity (Wildman–Crippen MR) is 39.4 cm³/mol. The molecule has 0 radical (unpaired) electrons. The monoisotopic (exact) mass is 170 g/mol. The van der Waals surface area contributed by atoms with E-state index < -0.39 is 12.1 Å². The van der Waals surface area contributed by atoms with E-state index in [2.05, 4.69) is 15.4 Å². The molecule has 1 heterocycles. The molecule has 5 heteroatoms. The van der Waals surface area contributed by atoms with Gasteiger partial charge in [-0.1, -0.05) is 0 Å². The van der Waals surface area contributed by atoms with Gasteiger partial charge in [-0.05, 0) is 12.8 Å². The first-order valence-corrected chi connectivity index (χ1v) is 3.99. The van der Waals surface area contributed by atoms with Crippen LogP contribution in [0.5, 0.6) is 0 Å². The number of hydrogen-bond donors (Lipinski definition) is 2. The van der Waals surface area contributed by atoms with Crippen LogP contribution in [0.2, 0.25) is 0 Å². The fraction of sp³-hybridized carbons (Fsp3) is 0.714. The minimum atomic E-state index is -0.508. The summed E-state index contributed by atoms with van der Waals surface area (Å²) >= 11 is 0. The van der Waals surface area contributed by atoms with Crippen LogP contribution in [0.25, 0.3) is 0 Å². The summed E-state index contributed by atoms with van der Waals surface area (Å²) in [7, 11) is 0. The molecule has 1 saturated carbocycles. The number of carbonyl (C=O) groups is 2. The Bertz CT molecular complexity index is 225. The fourth-order valence-electron chi connectivity index (χ4n) is 1.06. The first kappa shape index (κ1) is 7.39. The number of cyclic esters (lactones) is 1. The molecule has 0 bridgehead atoms. The van der Waals surface area contributed by atoms with Gasteiger partial charge in [-0.3, -0.25) is 4.79 Å². The van der Waals surface area contributed by atoms with Crippen LogP contribution >= 0.6 is 0 Å². The summed E-state index contributed by atoms with van der Waals surface area (Å²) in [6, 6.07) is -0.159. The molecule has 1 atom stereocenters. The maximum absolute atomic E-state index is 11.2. The fourth-order valence-corrected chi connectivity index (χ4v) is 1.06. The molecule has 5 nitrogen and oxygen atoms in total. The molecule has 0 aromatic carbocycles. The van der Waals surface area contributed by atoms with Crippen LogP contribution in [-0.2, 0) is 9.53 Å². The lowest BCUT2D eigenvalue weighted by Crippen LogP contribution is -2.43. The van der Waals surface area contributed by atoms with Gasteiger partial charge in [0.1, 0.15) is 12.6 Å². The van der Waals surface area contributed by atoms with Crippen LogP contribution < -0.4 is 10.6 Å². The largest absolute Gasteiger partial charge is 0.447 e. The van der Waals surface area contributed by atoms with Crippen molar-refractivity contribution in [1.29, 1.82) is 0 Å². The Morgan fingerprint density at radius 2 is 2.33 bits per heavy atom. The van der Waals surface area contributed by atoms with E-state index >= 15 is 0 Å². The van der Waals surface area contributed by atoms with E-state index in [0.29, 0.717) is 6.04 Å². The molecule has 0 spiro atoms. The van der Waals surface area contributed by atoms with Gasteiger partial charge < -0.3 is 15.4 Å². The number of carbonyl (C=O) groups excluding carboxylic acids is 2. The van der Waals surface area contributed by atoms with E-state index in [0.717, 1.165) is 12.8 Å². The molecule has 0 aromatic rings. The molecule has 0 aromatic heterocycles. The number of ether oxygens (including phenoxy) is 1. The highest BCUT2D eigenvalue weighted by atomic mass is 16.6. The molecule has 2 N–H and O–H groups in total. The first-order chi connectivity index (χ1) is 5.75. The van der Waals surface area contributed by atoms with Crippen LogP contribution in [0.1, 0.15) is 12.8 Å². The second kappa shape index (κ2) is 2.66. The molecule has 66 valence electrons. The molecule has 2 rings (SSSR count). The van der Waals surface area contributed by atoms with Crippen LogP contribution in [0.3, 0.4) is 0 Å². The minimum Gasteiger partial charge on any atom is -0.447 e. The third-order valence-electron chi connectivity index (χ3n) is 1.91. The van der Waals surface area contributed by atoms with Gasteiger partial charge >= 0.3 is 6.09 Å². The Morgan fingerprint density at radius 1 is 1.58 bits per heavy atom. The second-order valence-electron chi connectivity index (χ2n) is 3.08. The van der Waals surface area contributed by atoms with E-state index in [-0.39, 0.29) is 12.5 Å². The van der Waals surface area contributed by atoms with Crippen LogP contribution in [0.15, 0.2) is 0 Å². The highest BCUT2D eigenvalue weighted by Crippen LogP contribution is 2.18. The quantitative estimate of drug-likeness (QED) is 0.580. The van der Waals surface area contributed by atoms with Crippen LogP contribution in [-0.4, -0.2) is 30.7 Å². The summed E-state index contributed by atoms with van der Waals surface area (Å²) in [5, 5.41) is 5.20. The normalized spacial score (nSPS) is 27.7. The Kier molecular flexibility index (Phi) is 1.64. The zero-order chi connectivity index (χ0) is 8.55. The maximum atomic E-state index is 11.2. The van der Waals surface area contributed by atoms with E-state index in [9.17, 15) is 9.59 Å². The van der Waals surface area contributed by atoms with Gasteiger partial charge in [-0.15, -0.1) is 0 Å². The first-order valence-electron chi connectivity index (χ1n) is 3.99. The molecule has 1 saturated heterocycles. The summed E-state index contributed by atoms with van der Waals surface area (Å²) in [5.41, 5.74) is 0. The zero-order valence-corrected chi connectivity index (χ0v) is 6.50. The van der Waals surface area contributed by atoms with E-state index in [1.807, 2.05) is 0 Å². The number of nitrogens with one attached hydrogen (secondary N) is 2. The van der Waals surface area contributed by atoms with Gasteiger partial charge in [-0.25, -0.2) is 4.79 Å². The molecular weight excluding hydrogens is 160 g/mol. The van der Waals surface area contributed by atoms with Crippen LogP contribution in [0.4, 0.5) is 4.79 Å². The van der Waals surface area contributed by atoms with Crippen molar-refractivity contribution in [2.24, 2.45) is 0 Å². The summed E-state index contributed by atoms with van der Waals surface area (Å²) < 4.78 is 4.58. The Hall–Kier alpha value is -1.26. The van der Waals surface area contributed by atoms with Gasteiger partial charge in [0.2, 0.25) is 5.91 Å². The number of hydrogen-bond acceptors (Lipinski definition) is 3. The maximum Gasteiger partial charge on any atom is 0.407 e. The lowest BCUT2D eigenvalue weighted by molar-refractivity contribution is -0.122. The van der Waals surface area contributed by atoms with E-state index in [4.69, 9.17) is 0 Å². The lowest BCUT2D eigenvalue weighted by atomic mass is 10.3. The summed E-state index contributed by atoms with van der Waals surface area (Å²) in [6.45, 7) is 0.150. The van der Waals surface area contributed by atoms with Gasteiger partial charge in [0.05, 0.1) is 0 Å². The standard InChI is InChI=1S/C7H10N2O3/c10-6(8-4-1-2-4)5-3-12-7(11)9-5/h4-5H,1-3H2,(H,8,10)(H,9,11). The third kappa shape index (κ3) is 1.49. The van der Waals surface area contributed by atoms with Gasteiger partial charge in [0.25, 0.3) is 0 Å². The van der Waals surface area contributed by atoms with Crippen molar-refractivity contribution in [3.05, 3.63) is 0 Å². The Labute approximate surface area is 69.5 Å². The summed E-state index contributed by atoms with van der Waals surface area (Å²) in [5.74, 6) is -0.136. The lowest BCUT2D eigenvalue weighted by Gasteiger charge is -2.06. The molecule has 2 fully saturated rings. The van der Waals surface area contributed by atoms with E-state index in [1.165, 1.54) is 0 Å². The third-order valence-corrected chi connectivity index (χ3v) is 1.91. The molecule has 1 aliphatic heterocycles. The van der Waals surface area contributed by atoms with Crippen molar-refractivity contribution in [3.8, 4) is 0 Å². The van der Waals surface area contributed by atoms with Gasteiger partial charge in [0.15, 0.2) is 0 Å². The average molecular weight is 170 g/mol. The number of alkyl carbamates (subject to hydrolysis) is 1.